The molecule has 1 amide bonds. The van der Waals surface area contributed by atoms with Crippen LogP contribution in [0.3, 0.4) is 0 Å². The van der Waals surface area contributed by atoms with Crippen molar-refractivity contribution in [1.29, 1.82) is 0 Å². The Morgan fingerprint density at radius 3 is 2.00 bits per heavy atom. The van der Waals surface area contributed by atoms with Crippen molar-refractivity contribution in [2.75, 3.05) is 19.8 Å². The topological polar surface area (TPSA) is 128 Å². The van der Waals surface area contributed by atoms with Crippen LogP contribution in [0.25, 0.3) is 11.1 Å². The molecule has 13 heteroatoms. The maximum atomic E-state index is 14.3. The van der Waals surface area contributed by atoms with Crippen LogP contribution in [0.2, 0.25) is 0 Å². The van der Waals surface area contributed by atoms with Gasteiger partial charge in [-0.15, -0.1) is 0 Å². The van der Waals surface area contributed by atoms with Gasteiger partial charge in [-0.3, -0.25) is 14.5 Å². The molecule has 2 unspecified atom stereocenters. The molecule has 3 atom stereocenters. The molecule has 2 aliphatic carbocycles. The molecule has 0 bridgehead atoms. The zero-order valence-electron chi connectivity index (χ0n) is 28.7. The van der Waals surface area contributed by atoms with E-state index >= 15 is 0 Å². The fourth-order valence-electron chi connectivity index (χ4n) is 6.81. The summed E-state index contributed by atoms with van der Waals surface area (Å²) in [7, 11) is 0. The van der Waals surface area contributed by atoms with Gasteiger partial charge in [0.2, 0.25) is 11.6 Å². The molecule has 3 aromatic carbocycles. The second-order valence-corrected chi connectivity index (χ2v) is 14.0. The Morgan fingerprint density at radius 2 is 1.45 bits per heavy atom. The first-order valence-corrected chi connectivity index (χ1v) is 16.9. The number of ketones is 1. The van der Waals surface area contributed by atoms with E-state index in [4.69, 9.17) is 19.9 Å². The third-order valence-electron chi connectivity index (χ3n) is 9.23. The third-order valence-corrected chi connectivity index (χ3v) is 9.23. The van der Waals surface area contributed by atoms with Crippen LogP contribution in [-0.4, -0.2) is 71.4 Å². The van der Waals surface area contributed by atoms with E-state index in [9.17, 15) is 37.1 Å². The van der Waals surface area contributed by atoms with Crippen molar-refractivity contribution in [3.8, 4) is 16.9 Å². The molecule has 0 heterocycles. The molecule has 0 aromatic heterocycles. The number of hydrogen-bond acceptors (Lipinski definition) is 8. The zero-order chi connectivity index (χ0) is 37.0. The predicted octanol–water partition coefficient (Wildman–Crippen LogP) is 6.42. The van der Waals surface area contributed by atoms with Crippen molar-refractivity contribution in [2.45, 2.75) is 82.6 Å². The highest BCUT2D eigenvalue weighted by molar-refractivity contribution is 5.92. The first-order chi connectivity index (χ1) is 24.2. The average molecular weight is 715 g/mol. The number of nitrogens with two attached hydrogens (primary N) is 1. The Morgan fingerprint density at radius 1 is 0.902 bits per heavy atom. The molecular formula is C38H42F4N2O7. The van der Waals surface area contributed by atoms with Crippen molar-refractivity contribution >= 4 is 17.8 Å². The van der Waals surface area contributed by atoms with Crippen molar-refractivity contribution in [2.24, 2.45) is 11.7 Å². The fourth-order valence-corrected chi connectivity index (χ4v) is 6.81. The fraction of sp³-hybridized carbons (Fsp3) is 0.447. The van der Waals surface area contributed by atoms with Crippen LogP contribution in [0.4, 0.5) is 22.4 Å². The lowest BCUT2D eigenvalue weighted by molar-refractivity contribution is -0.161. The number of rotatable bonds is 12. The van der Waals surface area contributed by atoms with Gasteiger partial charge in [0.05, 0.1) is 18.6 Å². The minimum absolute atomic E-state index is 0.0120. The van der Waals surface area contributed by atoms with Crippen molar-refractivity contribution in [3.63, 3.8) is 0 Å². The van der Waals surface area contributed by atoms with Gasteiger partial charge in [-0.25, -0.2) is 13.6 Å². The minimum Gasteiger partial charge on any atom is -0.485 e. The molecule has 5 rings (SSSR count). The van der Waals surface area contributed by atoms with E-state index in [1.54, 1.807) is 20.8 Å². The monoisotopic (exact) mass is 714 g/mol. The summed E-state index contributed by atoms with van der Waals surface area (Å²) in [5.74, 6) is -12.8. The summed E-state index contributed by atoms with van der Waals surface area (Å²) >= 11 is 0. The van der Waals surface area contributed by atoms with E-state index in [-0.39, 0.29) is 18.6 Å². The average Bonchev–Trinajstić information content (AvgIpc) is 3.41. The molecule has 3 aromatic rings. The Balaban J connectivity index is 1.38. The lowest BCUT2D eigenvalue weighted by Crippen LogP contribution is -2.55. The summed E-state index contributed by atoms with van der Waals surface area (Å²) in [5.41, 5.74) is 9.19. The van der Waals surface area contributed by atoms with E-state index in [1.807, 2.05) is 48.5 Å². The van der Waals surface area contributed by atoms with Crippen LogP contribution >= 0.6 is 0 Å². The van der Waals surface area contributed by atoms with E-state index in [0.717, 1.165) is 41.5 Å². The number of carbonyl (C=O) groups is 3. The number of benzene rings is 3. The van der Waals surface area contributed by atoms with Gasteiger partial charge in [0, 0.05) is 18.0 Å². The molecule has 0 saturated heterocycles. The lowest BCUT2D eigenvalue weighted by atomic mass is 9.88. The van der Waals surface area contributed by atoms with Crippen LogP contribution in [0.15, 0.2) is 54.6 Å². The largest absolute Gasteiger partial charge is 0.485 e. The summed E-state index contributed by atoms with van der Waals surface area (Å²) < 4.78 is 72.5. The highest BCUT2D eigenvalue weighted by Gasteiger charge is 2.42. The van der Waals surface area contributed by atoms with Crippen LogP contribution in [0.5, 0.6) is 5.75 Å². The SMILES string of the molecule is CC(C)(C)OC(=O)C(N)[C@H](C(=O)CN(C(=O)OCC1c2ccccc2-c2ccccc21)C1CCCCC1)C(O)COc1c(F)c(F)cc(F)c1F. The standard InChI is InChI=1S/C38H42F4N2O7/c1-38(2,3)51-36(47)34(43)31(30(46)20-49-35-32(41)27(39)17-28(40)33(35)42)29(45)18-44(21-11-5-4-6-12-21)37(48)50-19-26-24-15-9-7-13-22(24)23-14-8-10-16-25(23)26/h7-10,13-17,21,26,30-31,34,46H,4-6,11-12,18-20,43H2,1-3H3/t30?,31-,34?/m1/s1. The number of aliphatic hydroxyl groups excluding tert-OH is 1. The maximum Gasteiger partial charge on any atom is 0.410 e. The van der Waals surface area contributed by atoms with Crippen molar-refractivity contribution < 1.29 is 51.3 Å². The molecule has 1 saturated carbocycles. The number of carbonyl (C=O) groups excluding carboxylic acids is 3. The quantitative estimate of drug-likeness (QED) is 0.125. The highest BCUT2D eigenvalue weighted by atomic mass is 19.2. The highest BCUT2D eigenvalue weighted by Crippen LogP contribution is 2.44. The minimum atomic E-state index is -2.04. The van der Waals surface area contributed by atoms with E-state index in [1.165, 1.54) is 4.90 Å². The van der Waals surface area contributed by atoms with Crippen LogP contribution in [0, 0.1) is 29.2 Å². The van der Waals surface area contributed by atoms with E-state index in [2.05, 4.69) is 0 Å². The maximum absolute atomic E-state index is 14.3. The van der Waals surface area contributed by atoms with Crippen molar-refractivity contribution in [1.82, 2.24) is 4.90 Å². The van der Waals surface area contributed by atoms with Gasteiger partial charge in [-0.1, -0.05) is 67.8 Å². The molecule has 3 N–H and O–H groups in total. The zero-order valence-corrected chi connectivity index (χ0v) is 28.7. The molecule has 0 aliphatic heterocycles. The van der Waals surface area contributed by atoms with Crippen LogP contribution in [-0.2, 0) is 19.1 Å². The Bertz CT molecular complexity index is 1690. The molecular weight excluding hydrogens is 672 g/mol. The number of ether oxygens (including phenoxy) is 3. The van der Waals surface area contributed by atoms with Crippen molar-refractivity contribution in [3.05, 3.63) is 89.0 Å². The first kappa shape index (κ1) is 37.8. The summed E-state index contributed by atoms with van der Waals surface area (Å²) in [6.07, 6.45) is 0.798. The van der Waals surface area contributed by atoms with Gasteiger partial charge in [0.15, 0.2) is 23.2 Å². The number of nitrogens with zero attached hydrogens (tertiary/aromatic N) is 1. The molecule has 274 valence electrons. The molecule has 2 aliphatic rings. The number of fused-ring (bicyclic) bond motifs is 3. The van der Waals surface area contributed by atoms with Gasteiger partial charge < -0.3 is 25.1 Å². The van der Waals surface area contributed by atoms with Gasteiger partial charge in [-0.05, 0) is 55.9 Å². The summed E-state index contributed by atoms with van der Waals surface area (Å²) in [5, 5.41) is 11.2. The Kier molecular flexibility index (Phi) is 11.7. The normalized spacial score (nSPS) is 16.4. The lowest BCUT2D eigenvalue weighted by Gasteiger charge is -2.35. The number of Topliss-reactive ketones (excluding diaryl/α,β-unsaturated/α-hetero) is 1. The smallest absolute Gasteiger partial charge is 0.410 e. The molecule has 51 heavy (non-hydrogen) atoms. The molecule has 0 radical (unpaired) electrons. The van der Waals surface area contributed by atoms with Crippen LogP contribution in [0.1, 0.15) is 69.9 Å². The predicted molar refractivity (Wildman–Crippen MR) is 179 cm³/mol. The van der Waals surface area contributed by atoms with Gasteiger partial charge >= 0.3 is 12.1 Å². The van der Waals surface area contributed by atoms with Crippen LogP contribution < -0.4 is 10.5 Å². The van der Waals surface area contributed by atoms with E-state index < -0.39 is 89.7 Å². The van der Waals surface area contributed by atoms with Gasteiger partial charge in [0.1, 0.15) is 24.9 Å². The number of halogens is 4. The Hall–Kier alpha value is -4.49. The number of hydrogen-bond donors (Lipinski definition) is 2. The molecule has 1 fully saturated rings. The second kappa shape index (κ2) is 15.8. The van der Waals surface area contributed by atoms with Gasteiger partial charge in [0.25, 0.3) is 0 Å². The van der Waals surface area contributed by atoms with Gasteiger partial charge in [-0.2, -0.15) is 8.78 Å². The first-order valence-electron chi connectivity index (χ1n) is 16.9. The summed E-state index contributed by atoms with van der Waals surface area (Å²) in [6.45, 7) is 2.90. The number of esters is 1. The second-order valence-electron chi connectivity index (χ2n) is 14.0. The summed E-state index contributed by atoms with van der Waals surface area (Å²) in [6, 6.07) is 13.4. The molecule has 0 spiro atoms. The number of amides is 1. The molecule has 9 nitrogen and oxygen atoms in total. The third kappa shape index (κ3) is 8.53. The number of aliphatic hydroxyl groups is 1. The van der Waals surface area contributed by atoms with E-state index in [0.29, 0.717) is 12.8 Å². The summed E-state index contributed by atoms with van der Waals surface area (Å²) in [4.78, 5) is 42.3. The Labute approximate surface area is 293 Å².